The molecule has 0 radical (unpaired) electrons. The van der Waals surface area contributed by atoms with E-state index in [9.17, 15) is 14.4 Å². The average molecular weight is 804 g/mol. The summed E-state index contributed by atoms with van der Waals surface area (Å²) in [6, 6.07) is 25.2. The Morgan fingerprint density at radius 1 is 0.782 bits per heavy atom. The van der Waals surface area contributed by atoms with E-state index >= 15 is 0 Å². The summed E-state index contributed by atoms with van der Waals surface area (Å²) in [4.78, 5) is 43.3. The fraction of sp³-hybridized carbons (Fsp3) is 0.317. The second-order valence-corrected chi connectivity index (χ2v) is 14.9. The molecule has 1 fully saturated rings. The Bertz CT molecular complexity index is 2070. The standard InChI is InChI=1S/C41H45Cl3N8O3/c1-45-19-18-35(39(53)46-24-28-8-3-2-4-9-28)48-40(54)36(22-27-12-14-29(42)15-13-27)49-41(55)47-30-16-17-31-37(26-51-20-5-6-21-51)50-52(38(31)23-30)25-32-33(43)10-7-11-34(32)44/h2-4,7-17,23,35-36,45H,5-6,18-22,24-26H2,1H3,(H,46,53)(H,48,54)(H2,47,49,55). The number of urea groups is 1. The van der Waals surface area contributed by atoms with Crippen LogP contribution in [0.3, 0.4) is 0 Å². The second kappa shape index (κ2) is 19.3. The first kappa shape index (κ1) is 40.0. The van der Waals surface area contributed by atoms with Gasteiger partial charge in [-0.1, -0.05) is 83.3 Å². The molecular formula is C41H45Cl3N8O3. The second-order valence-electron chi connectivity index (χ2n) is 13.7. The predicted molar refractivity (Wildman–Crippen MR) is 220 cm³/mol. The molecule has 0 spiro atoms. The summed E-state index contributed by atoms with van der Waals surface area (Å²) < 4.78 is 1.86. The summed E-state index contributed by atoms with van der Waals surface area (Å²) in [5.41, 5.74) is 4.69. The number of benzene rings is 4. The Morgan fingerprint density at radius 3 is 2.22 bits per heavy atom. The number of nitrogens with one attached hydrogen (secondary N) is 5. The third-order valence-electron chi connectivity index (χ3n) is 9.63. The van der Waals surface area contributed by atoms with Gasteiger partial charge >= 0.3 is 6.03 Å². The monoisotopic (exact) mass is 802 g/mol. The van der Waals surface area contributed by atoms with Crippen LogP contribution in [0.5, 0.6) is 0 Å². The van der Waals surface area contributed by atoms with Gasteiger partial charge in [-0.05, 0) is 99.5 Å². The van der Waals surface area contributed by atoms with Gasteiger partial charge in [0.25, 0.3) is 0 Å². The number of nitrogens with zero attached hydrogens (tertiary/aromatic N) is 3. The Morgan fingerprint density at radius 2 is 1.51 bits per heavy atom. The van der Waals surface area contributed by atoms with Crippen LogP contribution in [0.4, 0.5) is 10.5 Å². The molecule has 0 aliphatic carbocycles. The molecule has 4 aromatic carbocycles. The number of anilines is 1. The predicted octanol–water partition coefficient (Wildman–Crippen LogP) is 6.78. The molecule has 2 atom stereocenters. The molecule has 4 amide bonds. The Kier molecular flexibility index (Phi) is 14.0. The van der Waals surface area contributed by atoms with E-state index in [0.717, 1.165) is 59.2 Å². The van der Waals surface area contributed by atoms with Gasteiger partial charge in [0.15, 0.2) is 0 Å². The molecule has 1 aliphatic rings. The van der Waals surface area contributed by atoms with Gasteiger partial charge in [0, 0.05) is 51.2 Å². The number of halogens is 3. The van der Waals surface area contributed by atoms with E-state index in [-0.39, 0.29) is 12.3 Å². The number of likely N-dealkylation sites (tertiary alicyclic amines) is 1. The molecule has 1 aliphatic heterocycles. The lowest BCUT2D eigenvalue weighted by molar-refractivity contribution is -0.130. The topological polar surface area (TPSA) is 132 Å². The number of aromatic nitrogens is 2. The van der Waals surface area contributed by atoms with Gasteiger partial charge in [0.05, 0.1) is 17.8 Å². The maximum absolute atomic E-state index is 13.9. The van der Waals surface area contributed by atoms with Crippen molar-refractivity contribution in [3.63, 3.8) is 0 Å². The van der Waals surface area contributed by atoms with E-state index in [2.05, 4.69) is 31.5 Å². The number of hydrogen-bond acceptors (Lipinski definition) is 6. The van der Waals surface area contributed by atoms with Crippen LogP contribution in [0.25, 0.3) is 10.9 Å². The summed E-state index contributed by atoms with van der Waals surface area (Å²) >= 11 is 19.3. The summed E-state index contributed by atoms with van der Waals surface area (Å²) in [5, 5.41) is 22.2. The van der Waals surface area contributed by atoms with Gasteiger partial charge in [0.2, 0.25) is 11.8 Å². The highest BCUT2D eigenvalue weighted by Crippen LogP contribution is 2.29. The van der Waals surface area contributed by atoms with Crippen LogP contribution >= 0.6 is 34.8 Å². The zero-order valence-electron chi connectivity index (χ0n) is 30.6. The van der Waals surface area contributed by atoms with Crippen LogP contribution < -0.4 is 26.6 Å². The summed E-state index contributed by atoms with van der Waals surface area (Å²) in [5.74, 6) is -0.827. The lowest BCUT2D eigenvalue weighted by Crippen LogP contribution is -2.55. The van der Waals surface area contributed by atoms with E-state index in [4.69, 9.17) is 39.9 Å². The van der Waals surface area contributed by atoms with E-state index in [1.165, 1.54) is 0 Å². The molecule has 0 saturated carbocycles. The van der Waals surface area contributed by atoms with E-state index in [1.54, 1.807) is 49.5 Å². The number of rotatable bonds is 16. The van der Waals surface area contributed by atoms with E-state index < -0.39 is 24.0 Å². The fourth-order valence-electron chi connectivity index (χ4n) is 6.67. The minimum atomic E-state index is -1.02. The number of hydrogen-bond donors (Lipinski definition) is 5. The molecule has 11 nitrogen and oxygen atoms in total. The molecule has 0 bridgehead atoms. The van der Waals surface area contributed by atoms with Crippen LogP contribution in [-0.2, 0) is 35.6 Å². The first-order chi connectivity index (χ1) is 26.7. The highest BCUT2D eigenvalue weighted by molar-refractivity contribution is 6.36. The maximum Gasteiger partial charge on any atom is 0.319 e. The quantitative estimate of drug-likeness (QED) is 0.0748. The van der Waals surface area contributed by atoms with Crippen molar-refractivity contribution in [1.29, 1.82) is 0 Å². The van der Waals surface area contributed by atoms with Gasteiger partial charge in [-0.2, -0.15) is 5.10 Å². The minimum absolute atomic E-state index is 0.158. The van der Waals surface area contributed by atoms with Crippen LogP contribution in [0.1, 0.15) is 41.6 Å². The summed E-state index contributed by atoms with van der Waals surface area (Å²) in [6.45, 7) is 3.87. The molecule has 288 valence electrons. The SMILES string of the molecule is CNCCC(NC(=O)C(Cc1ccc(Cl)cc1)NC(=O)Nc1ccc2c(CN3CCCC3)nn(Cc3c(Cl)cccc3Cl)c2c1)C(=O)NCc1ccccc1. The molecule has 5 N–H and O–H groups in total. The van der Waals surface area contributed by atoms with Crippen LogP contribution in [0, 0.1) is 0 Å². The third-order valence-corrected chi connectivity index (χ3v) is 10.6. The lowest BCUT2D eigenvalue weighted by Gasteiger charge is -2.23. The molecule has 5 aromatic rings. The zero-order chi connectivity index (χ0) is 38.7. The molecular weight excluding hydrogens is 759 g/mol. The molecule has 55 heavy (non-hydrogen) atoms. The average Bonchev–Trinajstić information content (AvgIpc) is 3.82. The van der Waals surface area contributed by atoms with Crippen molar-refractivity contribution >= 4 is 69.2 Å². The smallest absolute Gasteiger partial charge is 0.319 e. The third kappa shape index (κ3) is 11.0. The Balaban J connectivity index is 1.21. The summed E-state index contributed by atoms with van der Waals surface area (Å²) in [7, 11) is 1.78. The fourth-order valence-corrected chi connectivity index (χ4v) is 7.32. The van der Waals surface area contributed by atoms with Crippen LogP contribution in [0.2, 0.25) is 15.1 Å². The zero-order valence-corrected chi connectivity index (χ0v) is 32.9. The van der Waals surface area contributed by atoms with Gasteiger partial charge in [0.1, 0.15) is 12.1 Å². The first-order valence-electron chi connectivity index (χ1n) is 18.4. The number of fused-ring (bicyclic) bond motifs is 1. The van der Waals surface area contributed by atoms with Crippen molar-refractivity contribution in [3.05, 3.63) is 128 Å². The van der Waals surface area contributed by atoms with Crippen molar-refractivity contribution in [1.82, 2.24) is 35.9 Å². The lowest BCUT2D eigenvalue weighted by atomic mass is 10.0. The van der Waals surface area contributed by atoms with Crippen molar-refractivity contribution < 1.29 is 14.4 Å². The Labute approximate surface area is 336 Å². The van der Waals surface area contributed by atoms with Gasteiger partial charge in [-0.15, -0.1) is 0 Å². The molecule has 6 rings (SSSR count). The highest BCUT2D eigenvalue weighted by atomic mass is 35.5. The molecule has 1 aromatic heterocycles. The molecule has 2 heterocycles. The highest BCUT2D eigenvalue weighted by Gasteiger charge is 2.27. The number of amides is 4. The van der Waals surface area contributed by atoms with Crippen molar-refractivity contribution in [2.45, 2.75) is 57.4 Å². The van der Waals surface area contributed by atoms with E-state index in [1.807, 2.05) is 53.2 Å². The van der Waals surface area contributed by atoms with Crippen molar-refractivity contribution in [3.8, 4) is 0 Å². The van der Waals surface area contributed by atoms with E-state index in [0.29, 0.717) is 53.4 Å². The maximum atomic E-state index is 13.9. The Hall–Kier alpha value is -4.65. The number of carbonyl (C=O) groups is 3. The van der Waals surface area contributed by atoms with Crippen molar-refractivity contribution in [2.75, 3.05) is 32.0 Å². The van der Waals surface area contributed by atoms with Crippen LogP contribution in [0.15, 0.2) is 91.0 Å². The largest absolute Gasteiger partial charge is 0.350 e. The normalized spacial score (nSPS) is 14.0. The molecule has 2 unspecified atom stereocenters. The van der Waals surface area contributed by atoms with Gasteiger partial charge in [-0.25, -0.2) is 4.79 Å². The minimum Gasteiger partial charge on any atom is -0.350 e. The molecule has 1 saturated heterocycles. The van der Waals surface area contributed by atoms with Crippen LogP contribution in [-0.4, -0.2) is 71.3 Å². The van der Waals surface area contributed by atoms with Gasteiger partial charge in [-0.3, -0.25) is 19.2 Å². The number of carbonyl (C=O) groups excluding carboxylic acids is 3. The van der Waals surface area contributed by atoms with Gasteiger partial charge < -0.3 is 26.6 Å². The first-order valence-corrected chi connectivity index (χ1v) is 19.5. The summed E-state index contributed by atoms with van der Waals surface area (Å²) in [6.07, 6.45) is 2.82. The van der Waals surface area contributed by atoms with Crippen molar-refractivity contribution in [2.24, 2.45) is 0 Å². The molecule has 14 heteroatoms.